The fourth-order valence-electron chi connectivity index (χ4n) is 2.77. The third-order valence-electron chi connectivity index (χ3n) is 3.51. The molecule has 0 aromatic heterocycles. The third-order valence-corrected chi connectivity index (χ3v) is 3.51. The van der Waals surface area contributed by atoms with Crippen molar-refractivity contribution in [3.05, 3.63) is 12.2 Å². The molecule has 1 aliphatic carbocycles. The quantitative estimate of drug-likeness (QED) is 0.712. The van der Waals surface area contributed by atoms with Crippen LogP contribution >= 0.6 is 0 Å². The molecule has 2 rings (SSSR count). The minimum Gasteiger partial charge on any atom is -0.478 e. The maximum absolute atomic E-state index is 10.4. The second-order valence-corrected chi connectivity index (χ2v) is 4.72. The zero-order chi connectivity index (χ0) is 10.7. The molecule has 3 heteroatoms. The molecule has 0 aromatic carbocycles. The summed E-state index contributed by atoms with van der Waals surface area (Å²) in [5.41, 5.74) is 0.0890. The van der Waals surface area contributed by atoms with E-state index in [0.29, 0.717) is 12.5 Å². The van der Waals surface area contributed by atoms with Crippen LogP contribution in [-0.4, -0.2) is 23.3 Å². The van der Waals surface area contributed by atoms with E-state index < -0.39 is 5.97 Å². The first-order chi connectivity index (χ1) is 7.20. The van der Waals surface area contributed by atoms with Crippen molar-refractivity contribution in [1.82, 2.24) is 0 Å². The Bertz CT molecular complexity index is 264. The number of carbonyl (C=O) groups is 1. The van der Waals surface area contributed by atoms with Crippen molar-refractivity contribution in [2.24, 2.45) is 5.92 Å². The normalized spacial score (nSPS) is 30.0. The molecule has 84 valence electrons. The van der Waals surface area contributed by atoms with E-state index >= 15 is 0 Å². The van der Waals surface area contributed by atoms with Crippen LogP contribution in [0.5, 0.6) is 0 Å². The van der Waals surface area contributed by atoms with Gasteiger partial charge in [-0.05, 0) is 19.3 Å². The Morgan fingerprint density at radius 2 is 2.07 bits per heavy atom. The number of hydrogen-bond donors (Lipinski definition) is 1. The Morgan fingerprint density at radius 3 is 2.73 bits per heavy atom. The summed E-state index contributed by atoms with van der Waals surface area (Å²) in [6.07, 6.45) is 10.2. The Morgan fingerprint density at radius 1 is 1.33 bits per heavy atom. The summed E-state index contributed by atoms with van der Waals surface area (Å²) < 4.78 is 5.88. The fourth-order valence-corrected chi connectivity index (χ4v) is 2.77. The van der Waals surface area contributed by atoms with Gasteiger partial charge in [-0.25, -0.2) is 4.79 Å². The zero-order valence-electron chi connectivity index (χ0n) is 8.95. The SMILES string of the molecule is O=C(O)/C=C/C1COC2(CCCCC2)C1. The van der Waals surface area contributed by atoms with Gasteiger partial charge in [0, 0.05) is 12.0 Å². The van der Waals surface area contributed by atoms with Gasteiger partial charge in [-0.15, -0.1) is 0 Å². The molecule has 15 heavy (non-hydrogen) atoms. The van der Waals surface area contributed by atoms with Gasteiger partial charge in [-0.1, -0.05) is 25.3 Å². The molecule has 1 heterocycles. The standard InChI is InChI=1S/C12H18O3/c13-11(14)5-4-10-8-12(15-9-10)6-2-1-3-7-12/h4-5,10H,1-3,6-9H2,(H,13,14)/b5-4+. The molecule has 1 aliphatic heterocycles. The van der Waals surface area contributed by atoms with E-state index in [9.17, 15) is 4.79 Å². The Kier molecular flexibility index (Phi) is 3.10. The summed E-state index contributed by atoms with van der Waals surface area (Å²) in [4.78, 5) is 10.4. The maximum atomic E-state index is 10.4. The lowest BCUT2D eigenvalue weighted by atomic mass is 9.81. The first kappa shape index (κ1) is 10.7. The predicted octanol–water partition coefficient (Wildman–Crippen LogP) is 2.37. The largest absolute Gasteiger partial charge is 0.478 e. The van der Waals surface area contributed by atoms with Crippen LogP contribution in [0.3, 0.4) is 0 Å². The van der Waals surface area contributed by atoms with Crippen molar-refractivity contribution in [3.8, 4) is 0 Å². The van der Waals surface area contributed by atoms with Crippen molar-refractivity contribution in [3.63, 3.8) is 0 Å². The molecule has 2 fully saturated rings. The summed E-state index contributed by atoms with van der Waals surface area (Å²) in [6, 6.07) is 0. The highest BCUT2D eigenvalue weighted by Crippen LogP contribution is 2.41. The van der Waals surface area contributed by atoms with Crippen LogP contribution in [0.4, 0.5) is 0 Å². The van der Waals surface area contributed by atoms with Crippen LogP contribution in [0.25, 0.3) is 0 Å². The lowest BCUT2D eigenvalue weighted by Crippen LogP contribution is -2.30. The van der Waals surface area contributed by atoms with Crippen molar-refractivity contribution >= 4 is 5.97 Å². The van der Waals surface area contributed by atoms with E-state index in [1.807, 2.05) is 0 Å². The number of carboxylic acids is 1. The van der Waals surface area contributed by atoms with Gasteiger partial charge < -0.3 is 9.84 Å². The molecule has 2 aliphatic rings. The van der Waals surface area contributed by atoms with Gasteiger partial charge >= 0.3 is 5.97 Å². The number of aliphatic carboxylic acids is 1. The Hall–Kier alpha value is -0.830. The van der Waals surface area contributed by atoms with Gasteiger partial charge in [0.1, 0.15) is 0 Å². The monoisotopic (exact) mass is 210 g/mol. The first-order valence-corrected chi connectivity index (χ1v) is 5.75. The summed E-state index contributed by atoms with van der Waals surface area (Å²) in [6.45, 7) is 0.698. The van der Waals surface area contributed by atoms with Crippen molar-refractivity contribution in [2.75, 3.05) is 6.61 Å². The molecular weight excluding hydrogens is 192 g/mol. The van der Waals surface area contributed by atoms with E-state index in [1.54, 1.807) is 6.08 Å². The fraction of sp³-hybridized carbons (Fsp3) is 0.750. The molecule has 0 aromatic rings. The van der Waals surface area contributed by atoms with Crippen LogP contribution in [0.1, 0.15) is 38.5 Å². The average Bonchev–Trinajstić information content (AvgIpc) is 2.60. The zero-order valence-corrected chi connectivity index (χ0v) is 8.95. The van der Waals surface area contributed by atoms with Crippen molar-refractivity contribution < 1.29 is 14.6 Å². The molecular formula is C12H18O3. The summed E-state index contributed by atoms with van der Waals surface area (Å²) in [5, 5.41) is 8.55. The molecule has 3 nitrogen and oxygen atoms in total. The van der Waals surface area contributed by atoms with Crippen LogP contribution in [0.2, 0.25) is 0 Å². The minimum absolute atomic E-state index is 0.0890. The number of rotatable bonds is 2. The summed E-state index contributed by atoms with van der Waals surface area (Å²) in [5.74, 6) is -0.557. The highest BCUT2D eigenvalue weighted by molar-refractivity contribution is 5.79. The molecule has 1 saturated carbocycles. The van der Waals surface area contributed by atoms with E-state index in [4.69, 9.17) is 9.84 Å². The first-order valence-electron chi connectivity index (χ1n) is 5.75. The van der Waals surface area contributed by atoms with Crippen molar-refractivity contribution in [2.45, 2.75) is 44.1 Å². The van der Waals surface area contributed by atoms with Gasteiger partial charge in [0.05, 0.1) is 12.2 Å². The van der Waals surface area contributed by atoms with Gasteiger partial charge in [0.15, 0.2) is 0 Å². The van der Waals surface area contributed by atoms with Crippen molar-refractivity contribution in [1.29, 1.82) is 0 Å². The summed E-state index contributed by atoms with van der Waals surface area (Å²) in [7, 11) is 0. The lowest BCUT2D eigenvalue weighted by molar-refractivity contribution is -0.131. The molecule has 1 saturated heterocycles. The Balaban J connectivity index is 1.90. The molecule has 1 atom stereocenters. The summed E-state index contributed by atoms with van der Waals surface area (Å²) >= 11 is 0. The smallest absolute Gasteiger partial charge is 0.327 e. The third kappa shape index (κ3) is 2.59. The van der Waals surface area contributed by atoms with Crippen LogP contribution in [0.15, 0.2) is 12.2 Å². The highest BCUT2D eigenvalue weighted by Gasteiger charge is 2.39. The molecule has 1 spiro atoms. The molecule has 0 bridgehead atoms. The Labute approximate surface area is 90.1 Å². The minimum atomic E-state index is -0.861. The van der Waals surface area contributed by atoms with Crippen LogP contribution < -0.4 is 0 Å². The lowest BCUT2D eigenvalue weighted by Gasteiger charge is -2.32. The van der Waals surface area contributed by atoms with E-state index in [0.717, 1.165) is 19.3 Å². The van der Waals surface area contributed by atoms with E-state index in [-0.39, 0.29) is 5.60 Å². The van der Waals surface area contributed by atoms with Gasteiger partial charge in [0.25, 0.3) is 0 Å². The molecule has 0 radical (unpaired) electrons. The molecule has 0 amide bonds. The molecule has 1 unspecified atom stereocenters. The second-order valence-electron chi connectivity index (χ2n) is 4.72. The highest BCUT2D eigenvalue weighted by atomic mass is 16.5. The van der Waals surface area contributed by atoms with Gasteiger partial charge in [0.2, 0.25) is 0 Å². The number of carboxylic acid groups (broad SMARTS) is 1. The van der Waals surface area contributed by atoms with E-state index in [2.05, 4.69) is 0 Å². The second kappa shape index (κ2) is 4.35. The van der Waals surface area contributed by atoms with E-state index in [1.165, 1.54) is 25.3 Å². The number of hydrogen-bond acceptors (Lipinski definition) is 2. The predicted molar refractivity (Wildman–Crippen MR) is 56.7 cm³/mol. The maximum Gasteiger partial charge on any atom is 0.327 e. The number of ether oxygens (including phenoxy) is 1. The van der Waals surface area contributed by atoms with Gasteiger partial charge in [-0.3, -0.25) is 0 Å². The van der Waals surface area contributed by atoms with Crippen LogP contribution in [-0.2, 0) is 9.53 Å². The molecule has 1 N–H and O–H groups in total. The average molecular weight is 210 g/mol. The van der Waals surface area contributed by atoms with Gasteiger partial charge in [-0.2, -0.15) is 0 Å². The topological polar surface area (TPSA) is 46.5 Å². The van der Waals surface area contributed by atoms with Crippen LogP contribution in [0, 0.1) is 5.92 Å².